The number of ether oxygens (including phenoxy) is 2. The van der Waals surface area contributed by atoms with Gasteiger partial charge in [0.15, 0.2) is 0 Å². The Bertz CT molecular complexity index is 519. The van der Waals surface area contributed by atoms with E-state index in [1.807, 2.05) is 6.92 Å². The van der Waals surface area contributed by atoms with E-state index in [1.165, 1.54) is 0 Å². The number of anilines is 1. The predicted molar refractivity (Wildman–Crippen MR) is 93.7 cm³/mol. The summed E-state index contributed by atoms with van der Waals surface area (Å²) in [5.41, 5.74) is 0.662. The summed E-state index contributed by atoms with van der Waals surface area (Å²) in [5, 5.41) is 8.53. The van der Waals surface area contributed by atoms with Gasteiger partial charge in [0.1, 0.15) is 5.75 Å². The van der Waals surface area contributed by atoms with Crippen LogP contribution in [0.5, 0.6) is 5.75 Å². The van der Waals surface area contributed by atoms with Crippen molar-refractivity contribution in [2.75, 3.05) is 38.2 Å². The van der Waals surface area contributed by atoms with Crippen LogP contribution in [0.2, 0.25) is 0 Å². The molecule has 134 valence electrons. The molecule has 1 aliphatic heterocycles. The maximum atomic E-state index is 11.8. The smallest absolute Gasteiger partial charge is 0.243 e. The van der Waals surface area contributed by atoms with Crippen molar-refractivity contribution in [3.05, 3.63) is 24.3 Å². The second-order valence-corrected chi connectivity index (χ2v) is 5.21. The second kappa shape index (κ2) is 10.9. The number of carbonyl (C=O) groups is 2. The Hall–Kier alpha value is -1.83. The molecule has 24 heavy (non-hydrogen) atoms. The summed E-state index contributed by atoms with van der Waals surface area (Å²) in [7, 11) is 0. The van der Waals surface area contributed by atoms with Crippen molar-refractivity contribution in [3.63, 3.8) is 0 Å². The van der Waals surface area contributed by atoms with Crippen LogP contribution >= 0.6 is 12.4 Å². The highest BCUT2D eigenvalue weighted by Gasteiger charge is 2.17. The molecule has 1 aliphatic rings. The number of morpholine rings is 1. The highest BCUT2D eigenvalue weighted by atomic mass is 35.5. The molecule has 0 radical (unpaired) electrons. The van der Waals surface area contributed by atoms with Crippen LogP contribution in [0.4, 0.5) is 5.69 Å². The van der Waals surface area contributed by atoms with Crippen molar-refractivity contribution < 1.29 is 19.1 Å². The zero-order chi connectivity index (χ0) is 16.5. The monoisotopic (exact) mass is 357 g/mol. The molecule has 7 nitrogen and oxygen atoms in total. The van der Waals surface area contributed by atoms with Crippen LogP contribution in [-0.4, -0.2) is 50.8 Å². The number of halogens is 1. The molecule has 1 unspecified atom stereocenters. The maximum Gasteiger partial charge on any atom is 0.243 e. The molecule has 1 saturated heterocycles. The Kier molecular flexibility index (Phi) is 9.14. The topological polar surface area (TPSA) is 88.7 Å². The lowest BCUT2D eigenvalue weighted by Crippen LogP contribution is -2.45. The summed E-state index contributed by atoms with van der Waals surface area (Å²) >= 11 is 0. The van der Waals surface area contributed by atoms with E-state index >= 15 is 0 Å². The summed E-state index contributed by atoms with van der Waals surface area (Å²) in [5.74, 6) is 0.311. The van der Waals surface area contributed by atoms with Gasteiger partial charge in [-0.2, -0.15) is 0 Å². The van der Waals surface area contributed by atoms with Crippen LogP contribution in [-0.2, 0) is 14.3 Å². The van der Waals surface area contributed by atoms with E-state index in [-0.39, 0.29) is 36.8 Å². The molecule has 0 spiro atoms. The van der Waals surface area contributed by atoms with E-state index < -0.39 is 0 Å². The number of hydrogen-bond acceptors (Lipinski definition) is 5. The Morgan fingerprint density at radius 1 is 1.29 bits per heavy atom. The number of rotatable bonds is 7. The molecule has 2 rings (SSSR count). The minimum atomic E-state index is -0.268. The summed E-state index contributed by atoms with van der Waals surface area (Å²) in [6.07, 6.45) is 0.302. The fraction of sp³-hybridized carbons (Fsp3) is 0.500. The fourth-order valence-electron chi connectivity index (χ4n) is 2.23. The van der Waals surface area contributed by atoms with Crippen molar-refractivity contribution in [2.45, 2.75) is 19.4 Å². The first kappa shape index (κ1) is 20.2. The van der Waals surface area contributed by atoms with Gasteiger partial charge in [-0.3, -0.25) is 9.59 Å². The standard InChI is InChI=1S/C16H23N3O4.ClH/c1-2-23-14-5-3-12(4-6-14)19-16(21)10-18-15(20)9-13-11-22-8-7-17-13;/h3-6,13,17H,2,7-11H2,1H3,(H,18,20)(H,19,21);1H. The van der Waals surface area contributed by atoms with E-state index in [2.05, 4.69) is 16.0 Å². The lowest BCUT2D eigenvalue weighted by molar-refractivity contribution is -0.125. The predicted octanol–water partition coefficient (Wildman–Crippen LogP) is 0.940. The van der Waals surface area contributed by atoms with Gasteiger partial charge in [-0.25, -0.2) is 0 Å². The Morgan fingerprint density at radius 2 is 2.04 bits per heavy atom. The fourth-order valence-corrected chi connectivity index (χ4v) is 2.23. The van der Waals surface area contributed by atoms with Crippen molar-refractivity contribution >= 4 is 29.9 Å². The van der Waals surface area contributed by atoms with Gasteiger partial charge in [-0.05, 0) is 31.2 Å². The summed E-state index contributed by atoms with van der Waals surface area (Å²) in [6, 6.07) is 7.10. The lowest BCUT2D eigenvalue weighted by Gasteiger charge is -2.23. The Morgan fingerprint density at radius 3 is 2.67 bits per heavy atom. The average molecular weight is 358 g/mol. The van der Waals surface area contributed by atoms with E-state index in [4.69, 9.17) is 9.47 Å². The van der Waals surface area contributed by atoms with Crippen molar-refractivity contribution in [1.82, 2.24) is 10.6 Å². The SMILES string of the molecule is CCOc1ccc(NC(=O)CNC(=O)CC2COCCN2)cc1.Cl. The van der Waals surface area contributed by atoms with E-state index in [1.54, 1.807) is 24.3 Å². The van der Waals surface area contributed by atoms with Gasteiger partial charge in [-0.1, -0.05) is 0 Å². The van der Waals surface area contributed by atoms with Crippen LogP contribution in [0, 0.1) is 0 Å². The Labute approximate surface area is 147 Å². The van der Waals surface area contributed by atoms with Gasteiger partial charge in [0, 0.05) is 24.7 Å². The van der Waals surface area contributed by atoms with Gasteiger partial charge in [0.05, 0.1) is 26.4 Å². The molecule has 1 atom stereocenters. The molecule has 0 saturated carbocycles. The number of carbonyl (C=O) groups excluding carboxylic acids is 2. The summed E-state index contributed by atoms with van der Waals surface area (Å²) in [4.78, 5) is 23.6. The van der Waals surface area contributed by atoms with Crippen LogP contribution in [0.15, 0.2) is 24.3 Å². The minimum Gasteiger partial charge on any atom is -0.494 e. The third-order valence-corrected chi connectivity index (χ3v) is 3.33. The molecular weight excluding hydrogens is 334 g/mol. The number of nitrogens with one attached hydrogen (secondary N) is 3. The van der Waals surface area contributed by atoms with Crippen LogP contribution in [0.3, 0.4) is 0 Å². The van der Waals surface area contributed by atoms with Gasteiger partial charge >= 0.3 is 0 Å². The minimum absolute atomic E-state index is 0. The average Bonchev–Trinajstić information content (AvgIpc) is 2.56. The summed E-state index contributed by atoms with van der Waals surface area (Å²) in [6.45, 7) is 4.39. The molecule has 3 N–H and O–H groups in total. The first-order chi connectivity index (χ1) is 11.2. The summed E-state index contributed by atoms with van der Waals surface area (Å²) < 4.78 is 10.6. The van der Waals surface area contributed by atoms with Crippen molar-refractivity contribution in [3.8, 4) is 5.75 Å². The quantitative estimate of drug-likeness (QED) is 0.676. The van der Waals surface area contributed by atoms with E-state index in [9.17, 15) is 9.59 Å². The molecule has 0 bridgehead atoms. The lowest BCUT2D eigenvalue weighted by atomic mass is 10.2. The third-order valence-electron chi connectivity index (χ3n) is 3.33. The van der Waals surface area contributed by atoms with Gasteiger partial charge in [0.25, 0.3) is 0 Å². The largest absolute Gasteiger partial charge is 0.494 e. The van der Waals surface area contributed by atoms with Gasteiger partial charge < -0.3 is 25.4 Å². The van der Waals surface area contributed by atoms with E-state index in [0.717, 1.165) is 12.3 Å². The zero-order valence-electron chi connectivity index (χ0n) is 13.7. The third kappa shape index (κ3) is 7.16. The first-order valence-electron chi connectivity index (χ1n) is 7.78. The van der Waals surface area contributed by atoms with Crippen LogP contribution in [0.1, 0.15) is 13.3 Å². The molecule has 1 fully saturated rings. The zero-order valence-corrected chi connectivity index (χ0v) is 14.5. The number of benzene rings is 1. The molecular formula is C16H24ClN3O4. The Balaban J connectivity index is 0.00000288. The van der Waals surface area contributed by atoms with Crippen molar-refractivity contribution in [2.24, 2.45) is 0 Å². The molecule has 1 aromatic rings. The number of hydrogen-bond donors (Lipinski definition) is 3. The molecule has 2 amide bonds. The van der Waals surface area contributed by atoms with Gasteiger partial charge in [0.2, 0.25) is 11.8 Å². The van der Waals surface area contributed by atoms with E-state index in [0.29, 0.717) is 31.9 Å². The molecule has 0 aromatic heterocycles. The number of amides is 2. The first-order valence-corrected chi connectivity index (χ1v) is 7.78. The van der Waals surface area contributed by atoms with Crippen LogP contribution < -0.4 is 20.7 Å². The van der Waals surface area contributed by atoms with Crippen molar-refractivity contribution in [1.29, 1.82) is 0 Å². The van der Waals surface area contributed by atoms with Gasteiger partial charge in [-0.15, -0.1) is 12.4 Å². The molecule has 8 heteroatoms. The normalized spacial score (nSPS) is 16.6. The molecule has 1 heterocycles. The highest BCUT2D eigenvalue weighted by molar-refractivity contribution is 5.94. The second-order valence-electron chi connectivity index (χ2n) is 5.21. The molecule has 1 aromatic carbocycles. The highest BCUT2D eigenvalue weighted by Crippen LogP contribution is 2.15. The van der Waals surface area contributed by atoms with Crippen LogP contribution in [0.25, 0.3) is 0 Å². The maximum absolute atomic E-state index is 11.8. The molecule has 0 aliphatic carbocycles.